The number of rotatable bonds is 4. The molecular formula is C20H25ClN6OS. The van der Waals surface area contributed by atoms with Gasteiger partial charge >= 0.3 is 0 Å². The first-order valence-corrected chi connectivity index (χ1v) is 10.9. The minimum Gasteiger partial charge on any atom is -0.390 e. The quantitative estimate of drug-likeness (QED) is 0.631. The molecule has 5 N–H and O–H groups in total. The lowest BCUT2D eigenvalue weighted by atomic mass is 9.72. The van der Waals surface area contributed by atoms with Crippen LogP contribution in [0.25, 0.3) is 0 Å². The zero-order chi connectivity index (χ0) is 20.6. The molecule has 1 spiro atoms. The average molecular weight is 433 g/mol. The van der Waals surface area contributed by atoms with Crippen molar-refractivity contribution < 1.29 is 5.11 Å². The molecular weight excluding hydrogens is 408 g/mol. The standard InChI is InChI=1S/C20H25ClN6OS/c1-12-2-3-15(22)20(12)5-8-27(9-6-20)19-13(11-28)26-16(10-25-19)29-14-4-7-24-18(23)17(14)21/h4,7,10,15,28H,1-3,5-6,8-9,11,22H2,(H2,23,24)/t15-/m1/s1. The van der Waals surface area contributed by atoms with Crippen molar-refractivity contribution in [2.45, 2.75) is 48.3 Å². The van der Waals surface area contributed by atoms with Gasteiger partial charge in [0.1, 0.15) is 16.5 Å². The van der Waals surface area contributed by atoms with E-state index in [0.29, 0.717) is 15.7 Å². The summed E-state index contributed by atoms with van der Waals surface area (Å²) in [6.45, 7) is 5.75. The molecule has 7 nitrogen and oxygen atoms in total. The third-order valence-corrected chi connectivity index (χ3v) is 7.65. The third kappa shape index (κ3) is 3.70. The van der Waals surface area contributed by atoms with Gasteiger partial charge in [0.15, 0.2) is 5.82 Å². The molecule has 1 atom stereocenters. The van der Waals surface area contributed by atoms with Crippen LogP contribution >= 0.6 is 23.4 Å². The summed E-state index contributed by atoms with van der Waals surface area (Å²) in [7, 11) is 0. The van der Waals surface area contributed by atoms with Gasteiger partial charge in [-0.25, -0.2) is 15.0 Å². The summed E-state index contributed by atoms with van der Waals surface area (Å²) in [4.78, 5) is 16.1. The number of aliphatic hydroxyl groups excluding tert-OH is 1. The summed E-state index contributed by atoms with van der Waals surface area (Å²) in [5.74, 6) is 1.00. The fourth-order valence-electron chi connectivity index (χ4n) is 4.41. The van der Waals surface area contributed by atoms with Crippen molar-refractivity contribution in [2.24, 2.45) is 11.1 Å². The number of hydrogen-bond acceptors (Lipinski definition) is 8. The van der Waals surface area contributed by atoms with E-state index in [0.717, 1.165) is 49.5 Å². The van der Waals surface area contributed by atoms with E-state index in [2.05, 4.69) is 26.4 Å². The van der Waals surface area contributed by atoms with E-state index in [4.69, 9.17) is 23.1 Å². The van der Waals surface area contributed by atoms with Gasteiger partial charge in [0.05, 0.1) is 17.8 Å². The highest BCUT2D eigenvalue weighted by atomic mass is 35.5. The largest absolute Gasteiger partial charge is 0.390 e. The molecule has 1 aliphatic heterocycles. The van der Waals surface area contributed by atoms with Gasteiger partial charge in [0.2, 0.25) is 0 Å². The van der Waals surface area contributed by atoms with E-state index in [1.807, 2.05) is 0 Å². The fourth-order valence-corrected chi connectivity index (χ4v) is 5.45. The number of pyridine rings is 1. The van der Waals surface area contributed by atoms with E-state index in [1.165, 1.54) is 17.3 Å². The molecule has 3 heterocycles. The van der Waals surface area contributed by atoms with Gasteiger partial charge < -0.3 is 21.5 Å². The summed E-state index contributed by atoms with van der Waals surface area (Å²) >= 11 is 7.57. The Balaban J connectivity index is 1.52. The van der Waals surface area contributed by atoms with Crippen LogP contribution in [-0.2, 0) is 6.61 Å². The number of hydrogen-bond donors (Lipinski definition) is 3. The number of piperidine rings is 1. The first-order chi connectivity index (χ1) is 13.9. The monoisotopic (exact) mass is 432 g/mol. The minimum absolute atomic E-state index is 0.0527. The Morgan fingerprint density at radius 2 is 2.10 bits per heavy atom. The zero-order valence-corrected chi connectivity index (χ0v) is 17.7. The van der Waals surface area contributed by atoms with Crippen LogP contribution in [0.3, 0.4) is 0 Å². The van der Waals surface area contributed by atoms with Gasteiger partial charge in [0.25, 0.3) is 0 Å². The SMILES string of the molecule is C=C1CC[C@@H](N)C12CCN(c1ncc(Sc3ccnc(N)c3Cl)nc1CO)CC2. The lowest BCUT2D eigenvalue weighted by Gasteiger charge is -2.43. The zero-order valence-electron chi connectivity index (χ0n) is 16.1. The summed E-state index contributed by atoms with van der Waals surface area (Å²) in [5.41, 5.74) is 14.1. The van der Waals surface area contributed by atoms with E-state index in [9.17, 15) is 5.11 Å². The number of anilines is 2. The smallest absolute Gasteiger partial charge is 0.152 e. The number of aromatic nitrogens is 3. The molecule has 2 fully saturated rings. The minimum atomic E-state index is -0.184. The Kier molecular flexibility index (Phi) is 5.70. The summed E-state index contributed by atoms with van der Waals surface area (Å²) < 4.78 is 0. The lowest BCUT2D eigenvalue weighted by molar-refractivity contribution is 0.245. The lowest BCUT2D eigenvalue weighted by Crippen LogP contribution is -2.48. The molecule has 0 amide bonds. The van der Waals surface area contributed by atoms with Crippen LogP contribution in [0.4, 0.5) is 11.6 Å². The van der Waals surface area contributed by atoms with Gasteiger partial charge in [0, 0.05) is 35.6 Å². The third-order valence-electron chi connectivity index (χ3n) is 6.17. The number of nitrogen functional groups attached to an aromatic ring is 1. The predicted octanol–water partition coefficient (Wildman–Crippen LogP) is 3.01. The van der Waals surface area contributed by atoms with Gasteiger partial charge in [-0.05, 0) is 31.7 Å². The Labute approximate surface area is 179 Å². The fraction of sp³-hybridized carbons (Fsp3) is 0.450. The molecule has 1 saturated heterocycles. The second kappa shape index (κ2) is 8.10. The number of nitrogens with two attached hydrogens (primary N) is 2. The van der Waals surface area contributed by atoms with E-state index in [-0.39, 0.29) is 23.9 Å². The van der Waals surface area contributed by atoms with E-state index < -0.39 is 0 Å². The maximum absolute atomic E-state index is 9.90. The number of aliphatic hydroxyl groups is 1. The van der Waals surface area contributed by atoms with Crippen LogP contribution in [0, 0.1) is 5.41 Å². The molecule has 0 radical (unpaired) electrons. The number of nitrogens with zero attached hydrogens (tertiary/aromatic N) is 4. The van der Waals surface area contributed by atoms with Crippen LogP contribution in [0.2, 0.25) is 5.02 Å². The molecule has 0 aromatic carbocycles. The van der Waals surface area contributed by atoms with Crippen molar-refractivity contribution in [2.75, 3.05) is 23.7 Å². The second-order valence-electron chi connectivity index (χ2n) is 7.64. The maximum atomic E-state index is 9.90. The van der Waals surface area contributed by atoms with Crippen molar-refractivity contribution in [3.63, 3.8) is 0 Å². The predicted molar refractivity (Wildman–Crippen MR) is 116 cm³/mol. The maximum Gasteiger partial charge on any atom is 0.152 e. The Morgan fingerprint density at radius 3 is 2.76 bits per heavy atom. The second-order valence-corrected chi connectivity index (χ2v) is 9.08. The van der Waals surface area contributed by atoms with Crippen molar-refractivity contribution in [1.29, 1.82) is 0 Å². The summed E-state index contributed by atoms with van der Waals surface area (Å²) in [5, 5.41) is 10.9. The van der Waals surface area contributed by atoms with Gasteiger partial charge in [-0.2, -0.15) is 0 Å². The molecule has 2 aromatic rings. The van der Waals surface area contributed by atoms with Crippen molar-refractivity contribution >= 4 is 35.0 Å². The van der Waals surface area contributed by atoms with Gasteiger partial charge in [-0.1, -0.05) is 35.5 Å². The molecule has 29 heavy (non-hydrogen) atoms. The molecule has 9 heteroatoms. The first-order valence-electron chi connectivity index (χ1n) is 9.68. The van der Waals surface area contributed by atoms with Gasteiger partial charge in [-0.15, -0.1) is 0 Å². The molecule has 1 saturated carbocycles. The van der Waals surface area contributed by atoms with Crippen LogP contribution < -0.4 is 16.4 Å². The number of halogens is 1. The average Bonchev–Trinajstić information content (AvgIpc) is 3.00. The van der Waals surface area contributed by atoms with E-state index >= 15 is 0 Å². The molecule has 4 rings (SSSR count). The summed E-state index contributed by atoms with van der Waals surface area (Å²) in [6.07, 6.45) is 7.27. The Morgan fingerprint density at radius 1 is 1.34 bits per heavy atom. The molecule has 154 valence electrons. The topological polar surface area (TPSA) is 114 Å². The van der Waals surface area contributed by atoms with Gasteiger partial charge in [-0.3, -0.25) is 0 Å². The van der Waals surface area contributed by atoms with Crippen LogP contribution in [0.15, 0.2) is 40.5 Å². The van der Waals surface area contributed by atoms with E-state index in [1.54, 1.807) is 18.5 Å². The Hall–Kier alpha value is -1.87. The molecule has 2 aromatic heterocycles. The Bertz CT molecular complexity index is 931. The van der Waals surface area contributed by atoms with Crippen molar-refractivity contribution in [3.8, 4) is 0 Å². The summed E-state index contributed by atoms with van der Waals surface area (Å²) in [6, 6.07) is 1.97. The van der Waals surface area contributed by atoms with Crippen LogP contribution in [0.1, 0.15) is 31.4 Å². The molecule has 0 unspecified atom stereocenters. The molecule has 2 aliphatic rings. The highest BCUT2D eigenvalue weighted by Crippen LogP contribution is 2.49. The molecule has 1 aliphatic carbocycles. The van der Waals surface area contributed by atoms with Crippen molar-refractivity contribution in [1.82, 2.24) is 15.0 Å². The van der Waals surface area contributed by atoms with Crippen LogP contribution in [0.5, 0.6) is 0 Å². The normalized spacial score (nSPS) is 21.1. The first kappa shape index (κ1) is 20.4. The highest BCUT2D eigenvalue weighted by Gasteiger charge is 2.45. The molecule has 0 bridgehead atoms. The van der Waals surface area contributed by atoms with Crippen LogP contribution in [-0.4, -0.2) is 39.2 Å². The highest BCUT2D eigenvalue weighted by molar-refractivity contribution is 7.99. The van der Waals surface area contributed by atoms with Crippen molar-refractivity contribution in [3.05, 3.63) is 41.3 Å².